The van der Waals surface area contributed by atoms with Gasteiger partial charge < -0.3 is 16.4 Å². The van der Waals surface area contributed by atoms with E-state index in [1.807, 2.05) is 18.2 Å². The second-order valence-corrected chi connectivity index (χ2v) is 6.18. The monoisotopic (exact) mass is 382 g/mol. The van der Waals surface area contributed by atoms with Gasteiger partial charge in [-0.1, -0.05) is 24.3 Å². The molecular weight excluding hydrogens is 363 g/mol. The van der Waals surface area contributed by atoms with Crippen molar-refractivity contribution < 1.29 is 14.0 Å². The summed E-state index contributed by atoms with van der Waals surface area (Å²) in [6.45, 7) is 1.74. The molecule has 2 aromatic carbocycles. The maximum atomic E-state index is 13.8. The van der Waals surface area contributed by atoms with E-state index in [-0.39, 0.29) is 24.0 Å². The number of anilines is 2. The summed E-state index contributed by atoms with van der Waals surface area (Å²) in [6, 6.07) is 12.6. The highest BCUT2D eigenvalue weighted by Gasteiger charge is 2.29. The van der Waals surface area contributed by atoms with Crippen LogP contribution in [0.2, 0.25) is 0 Å². The minimum atomic E-state index is -0.961. The molecule has 0 spiro atoms. The molecule has 3 rings (SSSR count). The number of guanidine groups is 2. The Bertz CT molecular complexity index is 958. The molecule has 8 nitrogen and oxygen atoms in total. The number of nitrogens with zero attached hydrogens (tertiary/aromatic N) is 2. The van der Waals surface area contributed by atoms with Gasteiger partial charge in [-0.3, -0.25) is 14.9 Å². The topological polar surface area (TPSA) is 121 Å². The molecule has 0 saturated heterocycles. The number of hydrogen-bond acceptors (Lipinski definition) is 4. The van der Waals surface area contributed by atoms with E-state index < -0.39 is 23.7 Å². The van der Waals surface area contributed by atoms with Crippen LogP contribution in [0.4, 0.5) is 15.8 Å². The van der Waals surface area contributed by atoms with Gasteiger partial charge in [0.1, 0.15) is 11.9 Å². The number of amides is 2. The molecule has 144 valence electrons. The zero-order valence-electron chi connectivity index (χ0n) is 15.1. The van der Waals surface area contributed by atoms with Crippen LogP contribution in [0.3, 0.4) is 0 Å². The van der Waals surface area contributed by atoms with Crippen LogP contribution >= 0.6 is 0 Å². The van der Waals surface area contributed by atoms with Crippen LogP contribution in [0.1, 0.15) is 12.0 Å². The van der Waals surface area contributed by atoms with Crippen LogP contribution in [0.25, 0.3) is 0 Å². The summed E-state index contributed by atoms with van der Waals surface area (Å²) >= 11 is 0. The first-order chi connectivity index (χ1) is 13.4. The van der Waals surface area contributed by atoms with E-state index >= 15 is 0 Å². The van der Waals surface area contributed by atoms with Crippen molar-refractivity contribution >= 4 is 35.1 Å². The van der Waals surface area contributed by atoms with E-state index in [2.05, 4.69) is 25.9 Å². The fourth-order valence-electron chi connectivity index (χ4n) is 2.54. The van der Waals surface area contributed by atoms with E-state index in [4.69, 9.17) is 5.73 Å². The number of carbonyl (C=O) groups excluding carboxylic acids is 2. The van der Waals surface area contributed by atoms with Crippen molar-refractivity contribution in [3.05, 3.63) is 59.9 Å². The van der Waals surface area contributed by atoms with Gasteiger partial charge in [-0.25, -0.2) is 9.38 Å². The van der Waals surface area contributed by atoms with Crippen LogP contribution in [0.15, 0.2) is 58.5 Å². The average molecular weight is 382 g/mol. The number of para-hydroxylation sites is 1. The van der Waals surface area contributed by atoms with Gasteiger partial charge in [0, 0.05) is 5.69 Å². The van der Waals surface area contributed by atoms with E-state index in [1.165, 1.54) is 12.1 Å². The Kier molecular flexibility index (Phi) is 5.64. The van der Waals surface area contributed by atoms with Crippen molar-refractivity contribution in [3.63, 3.8) is 0 Å². The SMILES string of the molecule is Cc1ccc(NC(=O)CC2N=C(/N=C(\N)Nc3ccccc3)NC2=O)c(F)c1. The molecular formula is C19H19FN6O2. The van der Waals surface area contributed by atoms with Crippen LogP contribution in [-0.2, 0) is 9.59 Å². The third kappa shape index (κ3) is 4.91. The molecule has 0 bridgehead atoms. The minimum Gasteiger partial charge on any atom is -0.369 e. The van der Waals surface area contributed by atoms with E-state index in [0.29, 0.717) is 0 Å². The standard InChI is InChI=1S/C19H19FN6O2/c1-11-7-8-14(13(20)9-11)23-16(27)10-15-17(28)25-19(24-15)26-18(21)22-12-5-3-2-4-6-12/h2-9,15H,10H2,1H3,(H,23,27)(H4,21,22,24,25,26,28). The first-order valence-corrected chi connectivity index (χ1v) is 8.51. The predicted molar refractivity (Wildman–Crippen MR) is 105 cm³/mol. The maximum Gasteiger partial charge on any atom is 0.252 e. The molecule has 0 saturated carbocycles. The highest BCUT2D eigenvalue weighted by Crippen LogP contribution is 2.16. The number of aryl methyl sites for hydroxylation is 1. The number of nitrogens with one attached hydrogen (secondary N) is 3. The summed E-state index contributed by atoms with van der Waals surface area (Å²) in [4.78, 5) is 32.2. The molecule has 28 heavy (non-hydrogen) atoms. The number of halogens is 1. The third-order valence-corrected chi connectivity index (χ3v) is 3.87. The molecule has 0 aromatic heterocycles. The number of aliphatic imine (C=N–C) groups is 2. The zero-order valence-corrected chi connectivity index (χ0v) is 15.1. The highest BCUT2D eigenvalue weighted by molar-refractivity contribution is 6.11. The molecule has 0 aliphatic carbocycles. The van der Waals surface area contributed by atoms with E-state index in [9.17, 15) is 14.0 Å². The van der Waals surface area contributed by atoms with Gasteiger partial charge in [-0.15, -0.1) is 0 Å². The maximum absolute atomic E-state index is 13.8. The van der Waals surface area contributed by atoms with E-state index in [1.54, 1.807) is 25.1 Å². The summed E-state index contributed by atoms with van der Waals surface area (Å²) in [5.74, 6) is -1.52. The first kappa shape index (κ1) is 19.0. The molecule has 2 amide bonds. The molecule has 0 fully saturated rings. The van der Waals surface area contributed by atoms with Gasteiger partial charge in [0.25, 0.3) is 5.91 Å². The summed E-state index contributed by atoms with van der Waals surface area (Å²) in [6.07, 6.45) is -0.246. The highest BCUT2D eigenvalue weighted by atomic mass is 19.1. The molecule has 9 heteroatoms. The normalized spacial score (nSPS) is 16.4. The van der Waals surface area contributed by atoms with Crippen molar-refractivity contribution in [1.82, 2.24) is 5.32 Å². The second-order valence-electron chi connectivity index (χ2n) is 6.18. The number of carbonyl (C=O) groups is 2. The lowest BCUT2D eigenvalue weighted by Gasteiger charge is -2.08. The Morgan fingerprint density at radius 2 is 2.00 bits per heavy atom. The van der Waals surface area contributed by atoms with Gasteiger partial charge in [0.05, 0.1) is 12.1 Å². The number of rotatable bonds is 4. The number of nitrogens with two attached hydrogens (primary N) is 1. The minimum absolute atomic E-state index is 0.00486. The van der Waals surface area contributed by atoms with Crippen molar-refractivity contribution in [2.24, 2.45) is 15.7 Å². The average Bonchev–Trinajstić information content (AvgIpc) is 2.97. The zero-order chi connectivity index (χ0) is 20.1. The molecule has 1 unspecified atom stereocenters. The quantitative estimate of drug-likeness (QED) is 0.475. The van der Waals surface area contributed by atoms with Crippen molar-refractivity contribution in [2.75, 3.05) is 10.6 Å². The lowest BCUT2D eigenvalue weighted by Crippen LogP contribution is -2.32. The lowest BCUT2D eigenvalue weighted by atomic mass is 10.2. The van der Waals surface area contributed by atoms with E-state index in [0.717, 1.165) is 11.3 Å². The summed E-state index contributed by atoms with van der Waals surface area (Å²) in [5, 5.41) is 7.75. The lowest BCUT2D eigenvalue weighted by molar-refractivity contribution is -0.123. The summed E-state index contributed by atoms with van der Waals surface area (Å²) in [7, 11) is 0. The van der Waals surface area contributed by atoms with Gasteiger partial charge in [-0.2, -0.15) is 4.99 Å². The van der Waals surface area contributed by atoms with Crippen LogP contribution in [0.5, 0.6) is 0 Å². The van der Waals surface area contributed by atoms with Crippen molar-refractivity contribution in [2.45, 2.75) is 19.4 Å². The van der Waals surface area contributed by atoms with Gasteiger partial charge in [-0.05, 0) is 36.8 Å². The predicted octanol–water partition coefficient (Wildman–Crippen LogP) is 1.74. The molecule has 2 aromatic rings. The summed E-state index contributed by atoms with van der Waals surface area (Å²) in [5.41, 5.74) is 7.31. The van der Waals surface area contributed by atoms with Gasteiger partial charge in [0.2, 0.25) is 17.8 Å². The molecule has 5 N–H and O–H groups in total. The van der Waals surface area contributed by atoms with Crippen LogP contribution < -0.4 is 21.7 Å². The van der Waals surface area contributed by atoms with Crippen molar-refractivity contribution in [3.8, 4) is 0 Å². The molecule has 0 radical (unpaired) electrons. The first-order valence-electron chi connectivity index (χ1n) is 8.51. The Hall–Kier alpha value is -3.75. The summed E-state index contributed by atoms with van der Waals surface area (Å²) < 4.78 is 13.8. The molecule has 1 aliphatic rings. The Labute approximate surface area is 160 Å². The molecule has 1 heterocycles. The Morgan fingerprint density at radius 3 is 2.71 bits per heavy atom. The van der Waals surface area contributed by atoms with Gasteiger partial charge >= 0.3 is 0 Å². The van der Waals surface area contributed by atoms with Crippen LogP contribution in [-0.4, -0.2) is 29.8 Å². The molecule has 1 atom stereocenters. The Balaban J connectivity index is 1.61. The second kappa shape index (κ2) is 8.30. The molecule has 1 aliphatic heterocycles. The van der Waals surface area contributed by atoms with Crippen molar-refractivity contribution in [1.29, 1.82) is 0 Å². The van der Waals surface area contributed by atoms with Gasteiger partial charge in [0.15, 0.2) is 0 Å². The largest absolute Gasteiger partial charge is 0.369 e. The third-order valence-electron chi connectivity index (χ3n) is 3.87. The Morgan fingerprint density at radius 1 is 1.25 bits per heavy atom. The smallest absolute Gasteiger partial charge is 0.252 e. The number of benzene rings is 2. The fourth-order valence-corrected chi connectivity index (χ4v) is 2.54. The fraction of sp³-hybridized carbons (Fsp3) is 0.158. The van der Waals surface area contributed by atoms with Crippen LogP contribution in [0, 0.1) is 12.7 Å². The number of hydrogen-bond donors (Lipinski definition) is 4.